The normalized spacial score (nSPS) is 48.5. The van der Waals surface area contributed by atoms with Crippen molar-refractivity contribution in [1.82, 2.24) is 0 Å². The van der Waals surface area contributed by atoms with Gasteiger partial charge in [-0.3, -0.25) is 0 Å². The molecule has 2 saturated heterocycles. The van der Waals surface area contributed by atoms with Gasteiger partial charge in [-0.05, 0) is 25.2 Å². The summed E-state index contributed by atoms with van der Waals surface area (Å²) in [7, 11) is 0. The first-order chi connectivity index (χ1) is 5.79. The Morgan fingerprint density at radius 1 is 1.08 bits per heavy atom. The van der Waals surface area contributed by atoms with Gasteiger partial charge in [0.15, 0.2) is 0 Å². The highest BCUT2D eigenvalue weighted by Gasteiger charge is 2.37. The maximum atomic E-state index is 5.68. The molecule has 0 saturated carbocycles. The van der Waals surface area contributed by atoms with Gasteiger partial charge in [-0.1, -0.05) is 6.92 Å². The molecule has 0 bridgehead atoms. The van der Waals surface area contributed by atoms with Crippen molar-refractivity contribution in [2.75, 3.05) is 19.8 Å². The predicted octanol–water partition coefficient (Wildman–Crippen LogP) is 1.69. The monoisotopic (exact) mass is 170 g/mol. The van der Waals surface area contributed by atoms with Crippen LogP contribution in [0.1, 0.15) is 20.3 Å². The van der Waals surface area contributed by atoms with Gasteiger partial charge in [0, 0.05) is 19.1 Å². The van der Waals surface area contributed by atoms with Crippen LogP contribution < -0.4 is 0 Å². The Balaban J connectivity index is 2.05. The van der Waals surface area contributed by atoms with Crippen LogP contribution in [0.2, 0.25) is 0 Å². The first-order valence-electron chi connectivity index (χ1n) is 4.98. The Morgan fingerprint density at radius 2 is 1.92 bits per heavy atom. The number of hydrogen-bond acceptors (Lipinski definition) is 2. The van der Waals surface area contributed by atoms with Crippen LogP contribution in [0.15, 0.2) is 0 Å². The molecule has 2 fully saturated rings. The van der Waals surface area contributed by atoms with Crippen LogP contribution in [0.5, 0.6) is 0 Å². The third-order valence-corrected chi connectivity index (χ3v) is 3.41. The molecule has 2 rings (SSSR count). The molecule has 0 spiro atoms. The van der Waals surface area contributed by atoms with Crippen molar-refractivity contribution in [2.45, 2.75) is 26.4 Å². The number of ether oxygens (including phenoxy) is 2. The topological polar surface area (TPSA) is 18.5 Å². The second-order valence-corrected chi connectivity index (χ2v) is 4.21. The van der Waals surface area contributed by atoms with Gasteiger partial charge >= 0.3 is 0 Å². The molecule has 2 nitrogen and oxygen atoms in total. The summed E-state index contributed by atoms with van der Waals surface area (Å²) in [6, 6.07) is 0. The van der Waals surface area contributed by atoms with Gasteiger partial charge in [0.2, 0.25) is 0 Å². The van der Waals surface area contributed by atoms with Gasteiger partial charge in [-0.2, -0.15) is 0 Å². The van der Waals surface area contributed by atoms with Gasteiger partial charge < -0.3 is 9.47 Å². The summed E-state index contributed by atoms with van der Waals surface area (Å²) < 4.78 is 11.2. The number of fused-ring (bicyclic) bond motifs is 1. The highest BCUT2D eigenvalue weighted by atomic mass is 16.5. The first-order valence-corrected chi connectivity index (χ1v) is 4.98. The van der Waals surface area contributed by atoms with Crippen molar-refractivity contribution >= 4 is 0 Å². The Labute approximate surface area is 74.2 Å². The fraction of sp³-hybridized carbons (Fsp3) is 1.00. The number of hydrogen-bond donors (Lipinski definition) is 0. The summed E-state index contributed by atoms with van der Waals surface area (Å²) in [5.41, 5.74) is 0. The van der Waals surface area contributed by atoms with E-state index in [0.29, 0.717) is 12.0 Å². The SMILES string of the molecule is CC1CO[C@H](C)C2COCCC12. The smallest absolute Gasteiger partial charge is 0.0600 e. The van der Waals surface area contributed by atoms with E-state index in [1.807, 2.05) is 0 Å². The Hall–Kier alpha value is -0.0800. The molecule has 4 atom stereocenters. The Bertz CT molecular complexity index is 140. The minimum atomic E-state index is 0.409. The molecule has 12 heavy (non-hydrogen) atoms. The van der Waals surface area contributed by atoms with Crippen molar-refractivity contribution in [2.24, 2.45) is 17.8 Å². The van der Waals surface area contributed by atoms with E-state index in [0.717, 1.165) is 31.7 Å². The molecule has 70 valence electrons. The summed E-state index contributed by atoms with van der Waals surface area (Å²) in [5, 5.41) is 0. The highest BCUT2D eigenvalue weighted by molar-refractivity contribution is 4.85. The molecular formula is C10H18O2. The van der Waals surface area contributed by atoms with Gasteiger partial charge in [0.25, 0.3) is 0 Å². The van der Waals surface area contributed by atoms with Crippen LogP contribution in [-0.4, -0.2) is 25.9 Å². The third-order valence-electron chi connectivity index (χ3n) is 3.41. The maximum Gasteiger partial charge on any atom is 0.0600 e. The van der Waals surface area contributed by atoms with E-state index in [2.05, 4.69) is 13.8 Å². The molecule has 0 aromatic rings. The van der Waals surface area contributed by atoms with Gasteiger partial charge in [0.1, 0.15) is 0 Å². The van der Waals surface area contributed by atoms with Gasteiger partial charge in [0.05, 0.1) is 12.7 Å². The zero-order valence-corrected chi connectivity index (χ0v) is 7.95. The van der Waals surface area contributed by atoms with Crippen LogP contribution in [0.25, 0.3) is 0 Å². The van der Waals surface area contributed by atoms with Crippen LogP contribution in [0.4, 0.5) is 0 Å². The lowest BCUT2D eigenvalue weighted by atomic mass is 9.75. The Kier molecular flexibility index (Phi) is 2.37. The maximum absolute atomic E-state index is 5.68. The van der Waals surface area contributed by atoms with E-state index >= 15 is 0 Å². The van der Waals surface area contributed by atoms with Crippen molar-refractivity contribution in [1.29, 1.82) is 0 Å². The predicted molar refractivity (Wildman–Crippen MR) is 47.0 cm³/mol. The molecule has 0 aliphatic carbocycles. The van der Waals surface area contributed by atoms with E-state index in [9.17, 15) is 0 Å². The van der Waals surface area contributed by atoms with E-state index in [1.165, 1.54) is 6.42 Å². The fourth-order valence-electron chi connectivity index (χ4n) is 2.52. The van der Waals surface area contributed by atoms with Gasteiger partial charge in [-0.25, -0.2) is 0 Å². The summed E-state index contributed by atoms with van der Waals surface area (Å²) in [5.74, 6) is 2.24. The lowest BCUT2D eigenvalue weighted by molar-refractivity contribution is -0.132. The minimum Gasteiger partial charge on any atom is -0.381 e. The largest absolute Gasteiger partial charge is 0.381 e. The molecule has 2 heterocycles. The highest BCUT2D eigenvalue weighted by Crippen LogP contribution is 2.36. The summed E-state index contributed by atoms with van der Waals surface area (Å²) >= 11 is 0. The fourth-order valence-corrected chi connectivity index (χ4v) is 2.52. The molecule has 2 aliphatic heterocycles. The standard InChI is InChI=1S/C10H18O2/c1-7-5-12-8(2)10-6-11-4-3-9(7)10/h7-10H,3-6H2,1-2H3/t7?,8-,9?,10?/m1/s1. The second-order valence-electron chi connectivity index (χ2n) is 4.21. The number of rotatable bonds is 0. The lowest BCUT2D eigenvalue weighted by Gasteiger charge is -2.43. The summed E-state index contributed by atoms with van der Waals surface area (Å²) in [4.78, 5) is 0. The van der Waals surface area contributed by atoms with Crippen LogP contribution >= 0.6 is 0 Å². The molecule has 3 unspecified atom stereocenters. The molecular weight excluding hydrogens is 152 g/mol. The molecule has 2 aliphatic rings. The average molecular weight is 170 g/mol. The Morgan fingerprint density at radius 3 is 2.67 bits per heavy atom. The lowest BCUT2D eigenvalue weighted by Crippen LogP contribution is -2.45. The van der Waals surface area contributed by atoms with Crippen LogP contribution in [0, 0.1) is 17.8 Å². The van der Waals surface area contributed by atoms with Crippen molar-refractivity contribution in [3.05, 3.63) is 0 Å². The first kappa shape index (κ1) is 8.52. The van der Waals surface area contributed by atoms with E-state index in [-0.39, 0.29) is 0 Å². The molecule has 0 N–H and O–H groups in total. The van der Waals surface area contributed by atoms with E-state index in [1.54, 1.807) is 0 Å². The average Bonchev–Trinajstić information content (AvgIpc) is 2.12. The van der Waals surface area contributed by atoms with Crippen LogP contribution in [0.3, 0.4) is 0 Å². The van der Waals surface area contributed by atoms with Crippen molar-refractivity contribution in [3.63, 3.8) is 0 Å². The molecule has 0 radical (unpaired) electrons. The summed E-state index contributed by atoms with van der Waals surface area (Å²) in [6.45, 7) is 7.30. The van der Waals surface area contributed by atoms with E-state index in [4.69, 9.17) is 9.47 Å². The molecule has 0 aromatic heterocycles. The minimum absolute atomic E-state index is 0.409. The van der Waals surface area contributed by atoms with Crippen LogP contribution in [-0.2, 0) is 9.47 Å². The van der Waals surface area contributed by atoms with E-state index < -0.39 is 0 Å². The van der Waals surface area contributed by atoms with Crippen molar-refractivity contribution < 1.29 is 9.47 Å². The quantitative estimate of drug-likeness (QED) is 0.551. The molecule has 0 aromatic carbocycles. The summed E-state index contributed by atoms with van der Waals surface area (Å²) in [6.07, 6.45) is 1.64. The third kappa shape index (κ3) is 1.38. The zero-order chi connectivity index (χ0) is 8.55. The van der Waals surface area contributed by atoms with Crippen molar-refractivity contribution in [3.8, 4) is 0 Å². The zero-order valence-electron chi connectivity index (χ0n) is 7.95. The molecule has 2 heteroatoms. The molecule has 0 amide bonds. The van der Waals surface area contributed by atoms with Gasteiger partial charge in [-0.15, -0.1) is 0 Å². The second kappa shape index (κ2) is 3.35.